The summed E-state index contributed by atoms with van der Waals surface area (Å²) in [4.78, 5) is 11.2. The van der Waals surface area contributed by atoms with E-state index in [0.29, 0.717) is 5.57 Å². The average molecular weight is 336 g/mol. The molecule has 2 nitrogen and oxygen atoms in total. The van der Waals surface area contributed by atoms with E-state index in [4.69, 9.17) is 0 Å². The summed E-state index contributed by atoms with van der Waals surface area (Å²) >= 11 is 0. The quantitative estimate of drug-likeness (QED) is 0.224. The Morgan fingerprint density at radius 3 is 1.62 bits per heavy atom. The zero-order valence-electron chi connectivity index (χ0n) is 16.4. The normalized spacial score (nSPS) is 11.1. The molecule has 24 heavy (non-hydrogen) atoms. The fraction of sp³-hybridized carbons (Fsp3) is 0.773. The van der Waals surface area contributed by atoms with Gasteiger partial charge in [-0.3, -0.25) is 4.79 Å². The Bertz CT molecular complexity index is 333. The van der Waals surface area contributed by atoms with Crippen LogP contribution in [0.1, 0.15) is 110 Å². The first kappa shape index (κ1) is 22.9. The maximum Gasteiger partial charge on any atom is 0.250 e. The van der Waals surface area contributed by atoms with Crippen molar-refractivity contribution in [3.8, 4) is 0 Å². The van der Waals surface area contributed by atoms with Crippen molar-refractivity contribution < 1.29 is 4.79 Å². The summed E-state index contributed by atoms with van der Waals surface area (Å²) in [5, 5.41) is 2.71. The SMILES string of the molecule is C=C(C)C(=O)NC=CCCCCCCCCCCCCCCCC. The fourth-order valence-corrected chi connectivity index (χ4v) is 2.80. The van der Waals surface area contributed by atoms with E-state index in [9.17, 15) is 4.79 Å². The van der Waals surface area contributed by atoms with Gasteiger partial charge in [0.25, 0.3) is 0 Å². The summed E-state index contributed by atoms with van der Waals surface area (Å²) in [6, 6.07) is 0. The van der Waals surface area contributed by atoms with Crippen molar-refractivity contribution in [2.75, 3.05) is 0 Å². The topological polar surface area (TPSA) is 29.1 Å². The van der Waals surface area contributed by atoms with E-state index in [-0.39, 0.29) is 5.91 Å². The van der Waals surface area contributed by atoms with Gasteiger partial charge in [-0.1, -0.05) is 103 Å². The molecule has 0 aliphatic carbocycles. The van der Waals surface area contributed by atoms with E-state index in [1.54, 1.807) is 13.1 Å². The van der Waals surface area contributed by atoms with Gasteiger partial charge in [0, 0.05) is 11.8 Å². The van der Waals surface area contributed by atoms with Crippen molar-refractivity contribution in [2.45, 2.75) is 110 Å². The lowest BCUT2D eigenvalue weighted by Gasteiger charge is -2.03. The van der Waals surface area contributed by atoms with Crippen LogP contribution in [0.2, 0.25) is 0 Å². The maximum absolute atomic E-state index is 11.2. The van der Waals surface area contributed by atoms with Gasteiger partial charge in [-0.15, -0.1) is 0 Å². The van der Waals surface area contributed by atoms with E-state index < -0.39 is 0 Å². The molecule has 0 fully saturated rings. The number of rotatable bonds is 17. The lowest BCUT2D eigenvalue weighted by atomic mass is 10.0. The minimum atomic E-state index is -0.0905. The van der Waals surface area contributed by atoms with Crippen molar-refractivity contribution in [3.05, 3.63) is 24.4 Å². The molecule has 0 aromatic rings. The van der Waals surface area contributed by atoms with Gasteiger partial charge in [0.05, 0.1) is 0 Å². The third-order valence-corrected chi connectivity index (χ3v) is 4.44. The van der Waals surface area contributed by atoms with Gasteiger partial charge >= 0.3 is 0 Å². The van der Waals surface area contributed by atoms with Gasteiger partial charge in [0.1, 0.15) is 0 Å². The zero-order valence-corrected chi connectivity index (χ0v) is 16.4. The van der Waals surface area contributed by atoms with Crippen LogP contribution >= 0.6 is 0 Å². The summed E-state index contributed by atoms with van der Waals surface area (Å²) in [6.07, 6.45) is 24.3. The molecule has 0 aromatic heterocycles. The van der Waals surface area contributed by atoms with Crippen molar-refractivity contribution in [2.24, 2.45) is 0 Å². The molecule has 0 aromatic carbocycles. The molecule has 1 amide bonds. The van der Waals surface area contributed by atoms with Crippen molar-refractivity contribution >= 4 is 5.91 Å². The molecule has 0 heterocycles. The monoisotopic (exact) mass is 335 g/mol. The smallest absolute Gasteiger partial charge is 0.250 e. The van der Waals surface area contributed by atoms with Gasteiger partial charge < -0.3 is 5.32 Å². The first-order valence-electron chi connectivity index (χ1n) is 10.3. The third kappa shape index (κ3) is 17.3. The van der Waals surface area contributed by atoms with E-state index in [0.717, 1.165) is 6.42 Å². The number of hydrogen-bond donors (Lipinski definition) is 1. The molecule has 0 rings (SSSR count). The number of hydrogen-bond acceptors (Lipinski definition) is 1. The predicted octanol–water partition coefficient (Wildman–Crippen LogP) is 7.06. The Kier molecular flexibility index (Phi) is 17.5. The Morgan fingerprint density at radius 1 is 0.792 bits per heavy atom. The number of nitrogens with one attached hydrogen (secondary N) is 1. The molecule has 2 heteroatoms. The Labute approximate surface area is 151 Å². The summed E-state index contributed by atoms with van der Waals surface area (Å²) in [7, 11) is 0. The van der Waals surface area contributed by atoms with Crippen LogP contribution in [0.5, 0.6) is 0 Å². The van der Waals surface area contributed by atoms with Crippen molar-refractivity contribution in [3.63, 3.8) is 0 Å². The first-order chi connectivity index (χ1) is 11.7. The van der Waals surface area contributed by atoms with Gasteiger partial charge in [-0.25, -0.2) is 0 Å². The second-order valence-corrected chi connectivity index (χ2v) is 7.04. The summed E-state index contributed by atoms with van der Waals surface area (Å²) in [6.45, 7) is 7.60. The third-order valence-electron chi connectivity index (χ3n) is 4.44. The van der Waals surface area contributed by atoms with E-state index >= 15 is 0 Å². The Morgan fingerprint density at radius 2 is 1.21 bits per heavy atom. The fourth-order valence-electron chi connectivity index (χ4n) is 2.80. The van der Waals surface area contributed by atoms with Crippen LogP contribution < -0.4 is 5.32 Å². The van der Waals surface area contributed by atoms with Gasteiger partial charge in [0.15, 0.2) is 0 Å². The van der Waals surface area contributed by atoms with Crippen molar-refractivity contribution in [1.82, 2.24) is 5.32 Å². The molecule has 1 N–H and O–H groups in total. The lowest BCUT2D eigenvalue weighted by molar-refractivity contribution is -0.116. The lowest BCUT2D eigenvalue weighted by Crippen LogP contribution is -2.16. The largest absolute Gasteiger partial charge is 0.329 e. The number of unbranched alkanes of at least 4 members (excludes halogenated alkanes) is 14. The van der Waals surface area contributed by atoms with Crippen LogP contribution in [0, 0.1) is 0 Å². The molecule has 0 saturated carbocycles. The van der Waals surface area contributed by atoms with Crippen LogP contribution in [0.25, 0.3) is 0 Å². The molecular formula is C22H41NO. The van der Waals surface area contributed by atoms with Gasteiger partial charge in [0.2, 0.25) is 5.91 Å². The molecule has 0 bridgehead atoms. The standard InChI is InChI=1S/C22H41NO/c1-4-5-6-7-8-9-10-11-12-13-14-15-16-17-18-19-20-23-22(24)21(2)3/h19-20H,2,4-18H2,1,3H3,(H,23,24). The van der Waals surface area contributed by atoms with Crippen LogP contribution in [0.4, 0.5) is 0 Å². The molecule has 0 radical (unpaired) electrons. The Hall–Kier alpha value is -1.05. The van der Waals surface area contributed by atoms with Crippen LogP contribution in [0.15, 0.2) is 24.4 Å². The highest BCUT2D eigenvalue weighted by atomic mass is 16.1. The van der Waals surface area contributed by atoms with Crippen LogP contribution in [-0.2, 0) is 4.79 Å². The molecule has 0 spiro atoms. The van der Waals surface area contributed by atoms with E-state index in [1.165, 1.54) is 89.9 Å². The summed E-state index contributed by atoms with van der Waals surface area (Å²) in [5.74, 6) is -0.0905. The van der Waals surface area contributed by atoms with Gasteiger partial charge in [-0.05, 0) is 19.8 Å². The molecule has 0 aliphatic heterocycles. The summed E-state index contributed by atoms with van der Waals surface area (Å²) in [5.41, 5.74) is 0.552. The first-order valence-corrected chi connectivity index (χ1v) is 10.3. The minimum Gasteiger partial charge on any atom is -0.329 e. The summed E-state index contributed by atoms with van der Waals surface area (Å²) < 4.78 is 0. The second-order valence-electron chi connectivity index (χ2n) is 7.04. The second kappa shape index (κ2) is 18.3. The molecular weight excluding hydrogens is 294 g/mol. The average Bonchev–Trinajstić information content (AvgIpc) is 2.57. The van der Waals surface area contributed by atoms with E-state index in [1.807, 2.05) is 6.08 Å². The number of carbonyl (C=O) groups excluding carboxylic acids is 1. The van der Waals surface area contributed by atoms with Crippen molar-refractivity contribution in [1.29, 1.82) is 0 Å². The zero-order chi connectivity index (χ0) is 17.9. The molecule has 140 valence electrons. The molecule has 0 atom stereocenters. The minimum absolute atomic E-state index is 0.0905. The molecule has 0 aliphatic rings. The van der Waals surface area contributed by atoms with Gasteiger partial charge in [-0.2, -0.15) is 0 Å². The highest BCUT2D eigenvalue weighted by Gasteiger charge is 1.96. The maximum atomic E-state index is 11.2. The highest BCUT2D eigenvalue weighted by Crippen LogP contribution is 2.13. The number of carbonyl (C=O) groups is 1. The van der Waals surface area contributed by atoms with Crippen LogP contribution in [0.3, 0.4) is 0 Å². The number of allylic oxidation sites excluding steroid dienone is 1. The predicted molar refractivity (Wildman–Crippen MR) is 107 cm³/mol. The molecule has 0 saturated heterocycles. The van der Waals surface area contributed by atoms with Crippen LogP contribution in [-0.4, -0.2) is 5.91 Å². The Balaban J connectivity index is 3.14. The molecule has 0 unspecified atom stereocenters. The number of amides is 1. The van der Waals surface area contributed by atoms with E-state index in [2.05, 4.69) is 18.8 Å². The highest BCUT2D eigenvalue weighted by molar-refractivity contribution is 5.92.